The third kappa shape index (κ3) is 5.55. The number of para-hydroxylation sites is 1. The summed E-state index contributed by atoms with van der Waals surface area (Å²) >= 11 is 0. The van der Waals surface area contributed by atoms with E-state index in [1.54, 1.807) is 21.3 Å². The topological polar surface area (TPSA) is 39.7 Å². The first-order valence-electron chi connectivity index (χ1n) is 8.29. The van der Waals surface area contributed by atoms with Gasteiger partial charge in [0.25, 0.3) is 0 Å². The van der Waals surface area contributed by atoms with E-state index in [2.05, 4.69) is 30.4 Å². The lowest BCUT2D eigenvalue weighted by Gasteiger charge is -2.15. The number of methoxy groups -OCH3 is 3. The predicted octanol–water partition coefficient (Wildman–Crippen LogP) is 4.03. The Morgan fingerprint density at radius 3 is 2.04 bits per heavy atom. The molecule has 0 atom stereocenters. The van der Waals surface area contributed by atoms with Gasteiger partial charge in [-0.25, -0.2) is 0 Å². The van der Waals surface area contributed by atoms with Crippen molar-refractivity contribution in [3.05, 3.63) is 53.1 Å². The smallest absolute Gasteiger partial charge is 0.123 e. The summed E-state index contributed by atoms with van der Waals surface area (Å²) in [5, 5.41) is 3.47. The molecule has 4 nitrogen and oxygen atoms in total. The van der Waals surface area contributed by atoms with Gasteiger partial charge in [-0.3, -0.25) is 0 Å². The van der Waals surface area contributed by atoms with E-state index in [9.17, 15) is 0 Å². The van der Waals surface area contributed by atoms with E-state index in [4.69, 9.17) is 14.2 Å². The summed E-state index contributed by atoms with van der Waals surface area (Å²) in [5.41, 5.74) is 3.48. The van der Waals surface area contributed by atoms with E-state index < -0.39 is 0 Å². The van der Waals surface area contributed by atoms with E-state index in [-0.39, 0.29) is 12.4 Å². The van der Waals surface area contributed by atoms with Crippen molar-refractivity contribution in [2.45, 2.75) is 26.3 Å². The Bertz CT molecular complexity index is 661. The van der Waals surface area contributed by atoms with Crippen LogP contribution in [0.4, 0.5) is 0 Å². The lowest BCUT2D eigenvalue weighted by molar-refractivity contribution is 0.394. The number of ether oxygens (including phenoxy) is 3. The van der Waals surface area contributed by atoms with Gasteiger partial charge in [-0.2, -0.15) is 0 Å². The second kappa shape index (κ2) is 10.9. The molecule has 2 rings (SSSR count). The molecule has 0 bridgehead atoms. The highest BCUT2D eigenvalue weighted by molar-refractivity contribution is 5.85. The minimum atomic E-state index is 0. The molecule has 0 heterocycles. The molecule has 2 aromatic rings. The van der Waals surface area contributed by atoms with E-state index >= 15 is 0 Å². The number of benzene rings is 2. The van der Waals surface area contributed by atoms with Crippen LogP contribution in [0.25, 0.3) is 0 Å². The Kier molecular flexibility index (Phi) is 9.17. The van der Waals surface area contributed by atoms with Crippen molar-refractivity contribution < 1.29 is 14.2 Å². The maximum absolute atomic E-state index is 5.54. The number of rotatable bonds is 9. The van der Waals surface area contributed by atoms with Crippen molar-refractivity contribution in [3.8, 4) is 17.2 Å². The molecule has 0 aromatic heterocycles. The van der Waals surface area contributed by atoms with Crippen LogP contribution in [0.3, 0.4) is 0 Å². The molecule has 2 aromatic carbocycles. The minimum Gasteiger partial charge on any atom is -0.496 e. The van der Waals surface area contributed by atoms with Gasteiger partial charge in [0, 0.05) is 12.1 Å². The molecule has 0 saturated carbocycles. The SMILES string of the molecule is CCc1cc(OC)c(CCNCc2ccccc2OC)cc1OC.Cl. The Balaban J connectivity index is 0.00000312. The zero-order valence-corrected chi connectivity index (χ0v) is 16.2. The molecule has 0 aliphatic rings. The molecule has 0 aliphatic heterocycles. The van der Waals surface area contributed by atoms with Gasteiger partial charge in [-0.1, -0.05) is 25.1 Å². The summed E-state index contributed by atoms with van der Waals surface area (Å²) in [4.78, 5) is 0. The van der Waals surface area contributed by atoms with Gasteiger partial charge in [0.15, 0.2) is 0 Å². The largest absolute Gasteiger partial charge is 0.496 e. The highest BCUT2D eigenvalue weighted by Crippen LogP contribution is 2.29. The highest BCUT2D eigenvalue weighted by Gasteiger charge is 2.10. The fourth-order valence-corrected chi connectivity index (χ4v) is 2.79. The van der Waals surface area contributed by atoms with Crippen LogP contribution in [0.15, 0.2) is 36.4 Å². The van der Waals surface area contributed by atoms with E-state index in [1.807, 2.05) is 18.2 Å². The van der Waals surface area contributed by atoms with Crippen LogP contribution in [-0.4, -0.2) is 27.9 Å². The fraction of sp³-hybridized carbons (Fsp3) is 0.400. The third-order valence-electron chi connectivity index (χ3n) is 4.14. The van der Waals surface area contributed by atoms with Crippen LogP contribution in [0.2, 0.25) is 0 Å². The monoisotopic (exact) mass is 365 g/mol. The number of aryl methyl sites for hydroxylation is 1. The lowest BCUT2D eigenvalue weighted by Crippen LogP contribution is -2.17. The van der Waals surface area contributed by atoms with Crippen molar-refractivity contribution in [1.29, 1.82) is 0 Å². The third-order valence-corrected chi connectivity index (χ3v) is 4.14. The second-order valence-electron chi connectivity index (χ2n) is 5.57. The molecule has 0 spiro atoms. The van der Waals surface area contributed by atoms with Gasteiger partial charge in [-0.05, 0) is 48.7 Å². The minimum absolute atomic E-state index is 0. The summed E-state index contributed by atoms with van der Waals surface area (Å²) in [6.45, 7) is 3.74. The van der Waals surface area contributed by atoms with Crippen molar-refractivity contribution in [2.24, 2.45) is 0 Å². The van der Waals surface area contributed by atoms with Crippen molar-refractivity contribution in [1.82, 2.24) is 5.32 Å². The number of hydrogen-bond acceptors (Lipinski definition) is 4. The number of hydrogen-bond donors (Lipinski definition) is 1. The summed E-state index contributed by atoms with van der Waals surface area (Å²) in [6.07, 6.45) is 1.80. The summed E-state index contributed by atoms with van der Waals surface area (Å²) < 4.78 is 16.4. The zero-order valence-electron chi connectivity index (χ0n) is 15.4. The predicted molar refractivity (Wildman–Crippen MR) is 105 cm³/mol. The van der Waals surface area contributed by atoms with Gasteiger partial charge in [0.05, 0.1) is 21.3 Å². The van der Waals surface area contributed by atoms with Gasteiger partial charge < -0.3 is 19.5 Å². The molecule has 138 valence electrons. The van der Waals surface area contributed by atoms with Gasteiger partial charge in [-0.15, -0.1) is 12.4 Å². The van der Waals surface area contributed by atoms with Crippen molar-refractivity contribution in [3.63, 3.8) is 0 Å². The Hall–Kier alpha value is -1.91. The first-order chi connectivity index (χ1) is 11.7. The maximum Gasteiger partial charge on any atom is 0.123 e. The van der Waals surface area contributed by atoms with Gasteiger partial charge in [0.1, 0.15) is 17.2 Å². The van der Waals surface area contributed by atoms with E-state index in [0.717, 1.165) is 54.3 Å². The molecule has 25 heavy (non-hydrogen) atoms. The molecular weight excluding hydrogens is 338 g/mol. The second-order valence-corrected chi connectivity index (χ2v) is 5.57. The Morgan fingerprint density at radius 2 is 1.40 bits per heavy atom. The van der Waals surface area contributed by atoms with Gasteiger partial charge >= 0.3 is 0 Å². The lowest BCUT2D eigenvalue weighted by atomic mass is 10.0. The van der Waals surface area contributed by atoms with Crippen LogP contribution in [0.5, 0.6) is 17.2 Å². The molecule has 0 radical (unpaired) electrons. The molecule has 0 amide bonds. The van der Waals surface area contributed by atoms with Crippen molar-refractivity contribution in [2.75, 3.05) is 27.9 Å². The summed E-state index contributed by atoms with van der Waals surface area (Å²) in [6, 6.07) is 12.2. The average molecular weight is 366 g/mol. The first kappa shape index (κ1) is 21.1. The molecule has 0 saturated heterocycles. The maximum atomic E-state index is 5.54. The first-order valence-corrected chi connectivity index (χ1v) is 8.29. The zero-order chi connectivity index (χ0) is 17.4. The molecule has 0 unspecified atom stereocenters. The van der Waals surface area contributed by atoms with Crippen LogP contribution >= 0.6 is 12.4 Å². The standard InChI is InChI=1S/C20H27NO3.ClH/c1-5-15-12-20(24-4)16(13-19(15)23-3)10-11-21-14-17-8-6-7-9-18(17)22-2;/h6-9,12-13,21H,5,10-11,14H2,1-4H3;1H. The Labute approximate surface area is 156 Å². The molecule has 1 N–H and O–H groups in total. The number of nitrogens with one attached hydrogen (secondary N) is 1. The van der Waals surface area contributed by atoms with Crippen molar-refractivity contribution >= 4 is 12.4 Å². The molecule has 5 heteroatoms. The van der Waals surface area contributed by atoms with Crippen LogP contribution < -0.4 is 19.5 Å². The number of halogens is 1. The van der Waals surface area contributed by atoms with Crippen LogP contribution in [0.1, 0.15) is 23.6 Å². The van der Waals surface area contributed by atoms with E-state index in [0.29, 0.717) is 0 Å². The highest BCUT2D eigenvalue weighted by atomic mass is 35.5. The van der Waals surface area contributed by atoms with Crippen LogP contribution in [0, 0.1) is 0 Å². The van der Waals surface area contributed by atoms with Gasteiger partial charge in [0.2, 0.25) is 0 Å². The Morgan fingerprint density at radius 1 is 0.800 bits per heavy atom. The van der Waals surface area contributed by atoms with Crippen LogP contribution in [-0.2, 0) is 19.4 Å². The quantitative estimate of drug-likeness (QED) is 0.681. The average Bonchev–Trinajstić information content (AvgIpc) is 2.64. The summed E-state index contributed by atoms with van der Waals surface area (Å²) in [7, 11) is 5.13. The molecule has 0 fully saturated rings. The molecular formula is C20H28ClNO3. The fourth-order valence-electron chi connectivity index (χ4n) is 2.79. The normalized spacial score (nSPS) is 10.1. The molecule has 0 aliphatic carbocycles. The summed E-state index contributed by atoms with van der Waals surface area (Å²) in [5.74, 6) is 2.77. The van der Waals surface area contributed by atoms with E-state index in [1.165, 1.54) is 5.56 Å².